The molecule has 92 valence electrons. The summed E-state index contributed by atoms with van der Waals surface area (Å²) in [7, 11) is 0. The maximum absolute atomic E-state index is 5.48. The Balaban J connectivity index is 3.44. The number of hydrogen-bond donors (Lipinski definition) is 1. The van der Waals surface area contributed by atoms with Crippen molar-refractivity contribution in [2.45, 2.75) is 58.8 Å². The van der Waals surface area contributed by atoms with Gasteiger partial charge in [0, 0.05) is 13.2 Å². The molecule has 0 aromatic rings. The quantitative estimate of drug-likeness (QED) is 0.536. The fraction of sp³-hybridized carbons (Fsp3) is 1.00. The van der Waals surface area contributed by atoms with Crippen LogP contribution < -0.4 is 5.73 Å². The van der Waals surface area contributed by atoms with E-state index in [0.717, 1.165) is 25.7 Å². The molecule has 0 aliphatic heterocycles. The van der Waals surface area contributed by atoms with E-state index < -0.39 is 0 Å². The first-order valence-corrected chi connectivity index (χ1v) is 6.62. The summed E-state index contributed by atoms with van der Waals surface area (Å²) in [5.74, 6) is 0.874. The van der Waals surface area contributed by atoms with Crippen molar-refractivity contribution in [3.63, 3.8) is 0 Å². The van der Waals surface area contributed by atoms with Gasteiger partial charge in [0.1, 0.15) is 0 Å². The standard InChI is InChI=1S/C13H29NO/c1-3-8-13(10-12-15-4-2)9-6-5-7-11-14/h13H,3-12,14H2,1-2H3. The van der Waals surface area contributed by atoms with E-state index >= 15 is 0 Å². The second-order valence-electron chi connectivity index (χ2n) is 4.28. The average molecular weight is 215 g/mol. The highest BCUT2D eigenvalue weighted by Crippen LogP contribution is 2.19. The first-order valence-electron chi connectivity index (χ1n) is 6.62. The molecule has 2 nitrogen and oxygen atoms in total. The molecule has 0 spiro atoms. The number of ether oxygens (including phenoxy) is 1. The van der Waals surface area contributed by atoms with Gasteiger partial charge in [-0.1, -0.05) is 39.0 Å². The average Bonchev–Trinajstić information content (AvgIpc) is 2.24. The number of unbranched alkanes of at least 4 members (excludes halogenated alkanes) is 2. The van der Waals surface area contributed by atoms with Gasteiger partial charge in [-0.2, -0.15) is 0 Å². The molecule has 0 saturated carbocycles. The molecule has 2 N–H and O–H groups in total. The topological polar surface area (TPSA) is 35.2 Å². The zero-order valence-corrected chi connectivity index (χ0v) is 10.6. The summed E-state index contributed by atoms with van der Waals surface area (Å²) in [6.45, 7) is 6.98. The minimum atomic E-state index is 0.845. The first kappa shape index (κ1) is 14.9. The molecule has 0 fully saturated rings. The number of hydrogen-bond acceptors (Lipinski definition) is 2. The molecule has 0 heterocycles. The van der Waals surface area contributed by atoms with E-state index in [9.17, 15) is 0 Å². The number of rotatable bonds is 11. The van der Waals surface area contributed by atoms with Gasteiger partial charge in [-0.15, -0.1) is 0 Å². The Labute approximate surface area is 95.6 Å². The number of nitrogens with two attached hydrogens (primary N) is 1. The highest BCUT2D eigenvalue weighted by molar-refractivity contribution is 4.59. The Hall–Kier alpha value is -0.0800. The molecule has 0 amide bonds. The minimum absolute atomic E-state index is 0.845. The van der Waals surface area contributed by atoms with Crippen LogP contribution in [0.15, 0.2) is 0 Å². The Morgan fingerprint density at radius 1 is 1.00 bits per heavy atom. The van der Waals surface area contributed by atoms with Crippen molar-refractivity contribution in [3.8, 4) is 0 Å². The van der Waals surface area contributed by atoms with E-state index in [1.807, 2.05) is 0 Å². The van der Waals surface area contributed by atoms with Gasteiger partial charge in [0.2, 0.25) is 0 Å². The van der Waals surface area contributed by atoms with E-state index in [2.05, 4.69) is 13.8 Å². The van der Waals surface area contributed by atoms with Crippen LogP contribution in [0.25, 0.3) is 0 Å². The Morgan fingerprint density at radius 2 is 1.80 bits per heavy atom. The summed E-state index contributed by atoms with van der Waals surface area (Å²) in [4.78, 5) is 0. The second kappa shape index (κ2) is 12.0. The van der Waals surface area contributed by atoms with E-state index in [-0.39, 0.29) is 0 Å². The zero-order valence-electron chi connectivity index (χ0n) is 10.6. The molecule has 0 rings (SSSR count). The SMILES string of the molecule is CCCC(CCCCCN)CCOCC. The van der Waals surface area contributed by atoms with Crippen LogP contribution in [0.5, 0.6) is 0 Å². The van der Waals surface area contributed by atoms with Crippen molar-refractivity contribution in [1.82, 2.24) is 0 Å². The monoisotopic (exact) mass is 215 g/mol. The van der Waals surface area contributed by atoms with Crippen LogP contribution in [-0.4, -0.2) is 19.8 Å². The van der Waals surface area contributed by atoms with Crippen LogP contribution in [0, 0.1) is 5.92 Å². The fourth-order valence-electron chi connectivity index (χ4n) is 1.99. The summed E-state index contributed by atoms with van der Waals surface area (Å²) >= 11 is 0. The Kier molecular flexibility index (Phi) is 11.9. The molecule has 0 aliphatic carbocycles. The molecular weight excluding hydrogens is 186 g/mol. The van der Waals surface area contributed by atoms with Crippen molar-refractivity contribution >= 4 is 0 Å². The van der Waals surface area contributed by atoms with Crippen LogP contribution in [0.4, 0.5) is 0 Å². The molecular formula is C13H29NO. The Bertz CT molecular complexity index is 117. The van der Waals surface area contributed by atoms with Gasteiger partial charge in [-0.3, -0.25) is 0 Å². The lowest BCUT2D eigenvalue weighted by Crippen LogP contribution is -2.06. The molecule has 0 aromatic heterocycles. The predicted octanol–water partition coefficient (Wildman–Crippen LogP) is 3.35. The normalized spacial score (nSPS) is 13.0. The molecule has 1 unspecified atom stereocenters. The molecule has 0 radical (unpaired) electrons. The van der Waals surface area contributed by atoms with Gasteiger partial charge in [-0.25, -0.2) is 0 Å². The van der Waals surface area contributed by atoms with Crippen LogP contribution in [0.2, 0.25) is 0 Å². The van der Waals surface area contributed by atoms with Crippen LogP contribution in [-0.2, 0) is 4.74 Å². The van der Waals surface area contributed by atoms with E-state index in [0.29, 0.717) is 0 Å². The van der Waals surface area contributed by atoms with Crippen molar-refractivity contribution in [2.75, 3.05) is 19.8 Å². The van der Waals surface area contributed by atoms with Gasteiger partial charge in [-0.05, 0) is 32.2 Å². The largest absolute Gasteiger partial charge is 0.382 e. The smallest absolute Gasteiger partial charge is 0.0468 e. The third-order valence-corrected chi connectivity index (χ3v) is 2.89. The molecule has 15 heavy (non-hydrogen) atoms. The third-order valence-electron chi connectivity index (χ3n) is 2.89. The fourth-order valence-corrected chi connectivity index (χ4v) is 1.99. The van der Waals surface area contributed by atoms with Crippen LogP contribution in [0.1, 0.15) is 58.8 Å². The minimum Gasteiger partial charge on any atom is -0.382 e. The summed E-state index contributed by atoms with van der Waals surface area (Å²) in [5, 5.41) is 0. The highest BCUT2D eigenvalue weighted by atomic mass is 16.5. The van der Waals surface area contributed by atoms with Gasteiger partial charge in [0.25, 0.3) is 0 Å². The molecule has 0 aliphatic rings. The maximum Gasteiger partial charge on any atom is 0.0468 e. The van der Waals surface area contributed by atoms with Crippen molar-refractivity contribution < 1.29 is 4.74 Å². The van der Waals surface area contributed by atoms with Crippen LogP contribution >= 0.6 is 0 Å². The second-order valence-corrected chi connectivity index (χ2v) is 4.28. The van der Waals surface area contributed by atoms with Gasteiger partial charge < -0.3 is 10.5 Å². The van der Waals surface area contributed by atoms with Crippen molar-refractivity contribution in [3.05, 3.63) is 0 Å². The predicted molar refractivity (Wildman–Crippen MR) is 67.0 cm³/mol. The molecule has 0 bridgehead atoms. The zero-order chi connectivity index (χ0) is 11.4. The van der Waals surface area contributed by atoms with E-state index in [1.54, 1.807) is 0 Å². The lowest BCUT2D eigenvalue weighted by molar-refractivity contribution is 0.128. The lowest BCUT2D eigenvalue weighted by Gasteiger charge is -2.15. The summed E-state index contributed by atoms with van der Waals surface area (Å²) < 4.78 is 5.42. The van der Waals surface area contributed by atoms with E-state index in [1.165, 1.54) is 44.9 Å². The summed E-state index contributed by atoms with van der Waals surface area (Å²) in [5.41, 5.74) is 5.48. The maximum atomic E-state index is 5.48. The molecule has 1 atom stereocenters. The van der Waals surface area contributed by atoms with Crippen LogP contribution in [0.3, 0.4) is 0 Å². The van der Waals surface area contributed by atoms with Gasteiger partial charge in [0.15, 0.2) is 0 Å². The van der Waals surface area contributed by atoms with E-state index in [4.69, 9.17) is 10.5 Å². The first-order chi connectivity index (χ1) is 7.35. The third kappa shape index (κ3) is 10.2. The summed E-state index contributed by atoms with van der Waals surface area (Å²) in [6, 6.07) is 0. The van der Waals surface area contributed by atoms with Gasteiger partial charge >= 0.3 is 0 Å². The lowest BCUT2D eigenvalue weighted by atomic mass is 9.94. The molecule has 0 saturated heterocycles. The molecule has 2 heteroatoms. The Morgan fingerprint density at radius 3 is 2.40 bits per heavy atom. The summed E-state index contributed by atoms with van der Waals surface area (Å²) in [6.07, 6.45) is 9.08. The van der Waals surface area contributed by atoms with Crippen molar-refractivity contribution in [1.29, 1.82) is 0 Å². The van der Waals surface area contributed by atoms with Gasteiger partial charge in [0.05, 0.1) is 0 Å². The van der Waals surface area contributed by atoms with Crippen molar-refractivity contribution in [2.24, 2.45) is 11.7 Å². The highest BCUT2D eigenvalue weighted by Gasteiger charge is 2.07. The molecule has 0 aromatic carbocycles.